The highest BCUT2D eigenvalue weighted by Crippen LogP contribution is 2.38. The Labute approximate surface area is 185 Å². The van der Waals surface area contributed by atoms with E-state index in [4.69, 9.17) is 11.6 Å². The maximum atomic E-state index is 13.1. The zero-order chi connectivity index (χ0) is 21.7. The second-order valence-electron chi connectivity index (χ2n) is 8.85. The molecule has 2 aliphatic heterocycles. The van der Waals surface area contributed by atoms with Gasteiger partial charge in [0.05, 0.1) is 5.92 Å². The molecule has 1 unspecified atom stereocenters. The molecule has 1 aromatic heterocycles. The Morgan fingerprint density at radius 2 is 1.74 bits per heavy atom. The summed E-state index contributed by atoms with van der Waals surface area (Å²) in [5, 5.41) is 5.12. The Hall–Kier alpha value is -2.61. The van der Waals surface area contributed by atoms with Crippen molar-refractivity contribution in [3.05, 3.63) is 45.6 Å². The first-order chi connectivity index (χ1) is 14.9. The lowest BCUT2D eigenvalue weighted by Gasteiger charge is -2.33. The van der Waals surface area contributed by atoms with Crippen LogP contribution in [0, 0.1) is 5.92 Å². The quantitative estimate of drug-likeness (QED) is 0.726. The van der Waals surface area contributed by atoms with Crippen LogP contribution in [-0.4, -0.2) is 50.7 Å². The van der Waals surface area contributed by atoms with Crippen LogP contribution in [0.2, 0.25) is 5.02 Å². The van der Waals surface area contributed by atoms with Gasteiger partial charge in [0.2, 0.25) is 11.8 Å². The molecule has 0 radical (unpaired) electrons. The van der Waals surface area contributed by atoms with Crippen molar-refractivity contribution >= 4 is 29.1 Å². The molecular weight excluding hydrogens is 418 g/mol. The smallest absolute Gasteiger partial charge is 0.342 e. The Morgan fingerprint density at radius 3 is 2.39 bits per heavy atom. The number of hydrogen-bond donors (Lipinski definition) is 0. The third kappa shape index (κ3) is 3.78. The van der Waals surface area contributed by atoms with Crippen LogP contribution in [0.15, 0.2) is 29.1 Å². The largest absolute Gasteiger partial charge is 0.345 e. The fourth-order valence-electron chi connectivity index (χ4n) is 4.81. The zero-order valence-electron chi connectivity index (χ0n) is 17.5. The molecule has 2 amide bonds. The highest BCUT2D eigenvalue weighted by atomic mass is 35.5. The van der Waals surface area contributed by atoms with Crippen molar-refractivity contribution in [2.75, 3.05) is 24.5 Å². The average molecular weight is 444 g/mol. The third-order valence-corrected chi connectivity index (χ3v) is 6.93. The molecule has 1 saturated carbocycles. The van der Waals surface area contributed by atoms with Crippen LogP contribution in [0.4, 0.5) is 5.69 Å². The second kappa shape index (κ2) is 7.82. The van der Waals surface area contributed by atoms with Gasteiger partial charge < -0.3 is 9.80 Å². The van der Waals surface area contributed by atoms with Gasteiger partial charge in [-0.3, -0.25) is 14.2 Å². The number of aromatic nitrogens is 3. The van der Waals surface area contributed by atoms with Crippen molar-refractivity contribution in [3.63, 3.8) is 0 Å². The number of rotatable bonds is 4. The maximum Gasteiger partial charge on any atom is 0.345 e. The molecule has 8 nitrogen and oxygen atoms in total. The van der Waals surface area contributed by atoms with Gasteiger partial charge in [0.15, 0.2) is 0 Å². The molecule has 3 aliphatic rings. The standard InChI is InChI=1S/C22H26ClN5O3/c1-25-22(31)28(18-6-7-18)20(24-25)14-8-10-26(11-9-14)21(30)15-12-19(29)27(13-15)17-4-2-16(23)3-5-17/h2-5,14-15,18H,6-13H2,1H3. The van der Waals surface area contributed by atoms with E-state index in [1.807, 2.05) is 21.6 Å². The van der Waals surface area contributed by atoms with E-state index < -0.39 is 0 Å². The number of hydrogen-bond acceptors (Lipinski definition) is 4. The number of halogens is 1. The van der Waals surface area contributed by atoms with Gasteiger partial charge in [-0.25, -0.2) is 9.48 Å². The normalized spacial score (nSPS) is 22.4. The minimum atomic E-state index is -0.320. The van der Waals surface area contributed by atoms with E-state index in [-0.39, 0.29) is 35.8 Å². The summed E-state index contributed by atoms with van der Waals surface area (Å²) in [6.07, 6.45) is 3.89. The molecule has 1 atom stereocenters. The highest BCUT2D eigenvalue weighted by Gasteiger charge is 2.39. The van der Waals surface area contributed by atoms with Crippen molar-refractivity contribution < 1.29 is 9.59 Å². The molecule has 31 heavy (non-hydrogen) atoms. The van der Waals surface area contributed by atoms with E-state index in [1.165, 1.54) is 4.68 Å². The molecule has 0 N–H and O–H groups in total. The van der Waals surface area contributed by atoms with E-state index >= 15 is 0 Å². The Bertz CT molecular complexity index is 1060. The monoisotopic (exact) mass is 443 g/mol. The number of amides is 2. The van der Waals surface area contributed by atoms with Gasteiger partial charge in [-0.15, -0.1) is 0 Å². The average Bonchev–Trinajstić information content (AvgIpc) is 3.47. The van der Waals surface area contributed by atoms with Gasteiger partial charge >= 0.3 is 5.69 Å². The summed E-state index contributed by atoms with van der Waals surface area (Å²) in [6.45, 7) is 1.66. The molecule has 9 heteroatoms. The Balaban J connectivity index is 1.23. The van der Waals surface area contributed by atoms with E-state index in [0.717, 1.165) is 37.2 Å². The summed E-state index contributed by atoms with van der Waals surface area (Å²) >= 11 is 5.94. The van der Waals surface area contributed by atoms with Crippen molar-refractivity contribution in [1.29, 1.82) is 0 Å². The van der Waals surface area contributed by atoms with Crippen LogP contribution in [0.1, 0.15) is 49.9 Å². The van der Waals surface area contributed by atoms with E-state index in [0.29, 0.717) is 30.7 Å². The Morgan fingerprint density at radius 1 is 1.06 bits per heavy atom. The molecule has 2 aromatic rings. The summed E-state index contributed by atoms with van der Waals surface area (Å²) in [5.74, 6) is 0.752. The molecule has 0 bridgehead atoms. The van der Waals surface area contributed by atoms with Gasteiger partial charge in [-0.05, 0) is 49.9 Å². The van der Waals surface area contributed by atoms with Crippen LogP contribution >= 0.6 is 11.6 Å². The van der Waals surface area contributed by atoms with E-state index in [2.05, 4.69) is 5.10 Å². The third-order valence-electron chi connectivity index (χ3n) is 6.68. The van der Waals surface area contributed by atoms with Crippen molar-refractivity contribution in [3.8, 4) is 0 Å². The lowest BCUT2D eigenvalue weighted by molar-refractivity contribution is -0.136. The summed E-state index contributed by atoms with van der Waals surface area (Å²) in [4.78, 5) is 41.6. The second-order valence-corrected chi connectivity index (χ2v) is 9.28. The number of carbonyl (C=O) groups excluding carboxylic acids is 2. The fraction of sp³-hybridized carbons (Fsp3) is 0.545. The molecule has 3 fully saturated rings. The fourth-order valence-corrected chi connectivity index (χ4v) is 4.94. The van der Waals surface area contributed by atoms with Gasteiger partial charge in [0.25, 0.3) is 0 Å². The zero-order valence-corrected chi connectivity index (χ0v) is 18.3. The number of anilines is 1. The molecule has 164 valence electrons. The van der Waals surface area contributed by atoms with Crippen LogP contribution < -0.4 is 10.6 Å². The van der Waals surface area contributed by atoms with Gasteiger partial charge in [-0.2, -0.15) is 5.10 Å². The lowest BCUT2D eigenvalue weighted by Crippen LogP contribution is -2.42. The van der Waals surface area contributed by atoms with Gasteiger partial charge in [0.1, 0.15) is 5.82 Å². The van der Waals surface area contributed by atoms with Crippen LogP contribution in [0.5, 0.6) is 0 Å². The SMILES string of the molecule is Cn1nc(C2CCN(C(=O)C3CC(=O)N(c4ccc(Cl)cc4)C3)CC2)n(C2CC2)c1=O. The highest BCUT2D eigenvalue weighted by molar-refractivity contribution is 6.30. The number of nitrogens with zero attached hydrogens (tertiary/aromatic N) is 5. The molecule has 5 rings (SSSR count). The predicted molar refractivity (Wildman–Crippen MR) is 116 cm³/mol. The number of piperidine rings is 1. The van der Waals surface area contributed by atoms with Gasteiger partial charge in [-0.1, -0.05) is 11.6 Å². The number of likely N-dealkylation sites (tertiary alicyclic amines) is 1. The van der Waals surface area contributed by atoms with E-state index in [1.54, 1.807) is 24.1 Å². The topological polar surface area (TPSA) is 80.4 Å². The molecule has 1 aromatic carbocycles. The van der Waals surface area contributed by atoms with Gasteiger partial charge in [0, 0.05) is 55.8 Å². The molecular formula is C22H26ClN5O3. The first kappa shape index (κ1) is 20.3. The minimum Gasteiger partial charge on any atom is -0.342 e. The van der Waals surface area contributed by atoms with Crippen molar-refractivity contribution in [2.45, 2.75) is 44.1 Å². The molecule has 3 heterocycles. The molecule has 1 aliphatic carbocycles. The van der Waals surface area contributed by atoms with Crippen LogP contribution in [0.3, 0.4) is 0 Å². The lowest BCUT2D eigenvalue weighted by atomic mass is 9.94. The van der Waals surface area contributed by atoms with Crippen LogP contribution in [0.25, 0.3) is 0 Å². The van der Waals surface area contributed by atoms with Crippen molar-refractivity contribution in [1.82, 2.24) is 19.2 Å². The summed E-state index contributed by atoms with van der Waals surface area (Å²) in [6, 6.07) is 7.42. The molecule has 2 saturated heterocycles. The predicted octanol–water partition coefficient (Wildman–Crippen LogP) is 2.33. The first-order valence-corrected chi connectivity index (χ1v) is 11.3. The van der Waals surface area contributed by atoms with Crippen LogP contribution in [-0.2, 0) is 16.6 Å². The Kier molecular flexibility index (Phi) is 5.12. The number of carbonyl (C=O) groups is 2. The summed E-state index contributed by atoms with van der Waals surface area (Å²) < 4.78 is 3.29. The number of benzene rings is 1. The summed E-state index contributed by atoms with van der Waals surface area (Å²) in [7, 11) is 1.70. The first-order valence-electron chi connectivity index (χ1n) is 10.9. The van der Waals surface area contributed by atoms with E-state index in [9.17, 15) is 14.4 Å². The van der Waals surface area contributed by atoms with Crippen molar-refractivity contribution in [2.24, 2.45) is 13.0 Å². The molecule has 0 spiro atoms. The summed E-state index contributed by atoms with van der Waals surface area (Å²) in [5.41, 5.74) is 0.736. The maximum absolute atomic E-state index is 13.1. The minimum absolute atomic E-state index is 0.0301. The number of aryl methyl sites for hydroxylation is 1.